The van der Waals surface area contributed by atoms with E-state index in [1.165, 1.54) is 6.20 Å². The molecule has 0 amide bonds. The second-order valence-electron chi connectivity index (χ2n) is 4.81. The van der Waals surface area contributed by atoms with Gasteiger partial charge in [0.15, 0.2) is 5.82 Å². The summed E-state index contributed by atoms with van der Waals surface area (Å²) in [5, 5.41) is 23.0. The molecule has 118 valence electrons. The normalized spacial score (nSPS) is 9.83. The molecule has 0 saturated carbocycles. The summed E-state index contributed by atoms with van der Waals surface area (Å²) in [5.41, 5.74) is 2.04. The van der Waals surface area contributed by atoms with Crippen LogP contribution >= 0.6 is 0 Å². The monoisotopic (exact) mass is 318 g/mol. The van der Waals surface area contributed by atoms with Crippen LogP contribution in [0, 0.1) is 11.3 Å². The first kappa shape index (κ1) is 15.2. The number of nitrogens with zero attached hydrogens (tertiary/aromatic N) is 4. The van der Waals surface area contributed by atoms with Crippen LogP contribution in [0.4, 0.5) is 23.1 Å². The molecule has 0 spiro atoms. The van der Waals surface area contributed by atoms with E-state index in [0.29, 0.717) is 28.8 Å². The number of benzene rings is 2. The van der Waals surface area contributed by atoms with E-state index in [1.54, 1.807) is 25.3 Å². The van der Waals surface area contributed by atoms with Crippen LogP contribution in [0.5, 0.6) is 5.75 Å². The lowest BCUT2D eigenvalue weighted by Crippen LogP contribution is -2.03. The molecular weight excluding hydrogens is 304 g/mol. The molecule has 1 heterocycles. The molecule has 7 nitrogen and oxygen atoms in total. The lowest BCUT2D eigenvalue weighted by atomic mass is 10.2. The highest BCUT2D eigenvalue weighted by Gasteiger charge is 2.05. The number of hydrogen-bond acceptors (Lipinski definition) is 7. The molecule has 2 N–H and O–H groups in total. The Morgan fingerprint density at radius 2 is 1.96 bits per heavy atom. The third-order valence-corrected chi connectivity index (χ3v) is 3.18. The Labute approximate surface area is 139 Å². The number of aromatic nitrogens is 3. The van der Waals surface area contributed by atoms with Crippen molar-refractivity contribution < 1.29 is 4.74 Å². The van der Waals surface area contributed by atoms with E-state index < -0.39 is 0 Å². The maximum Gasteiger partial charge on any atom is 0.249 e. The lowest BCUT2D eigenvalue weighted by Gasteiger charge is -2.10. The first-order valence-corrected chi connectivity index (χ1v) is 7.15. The summed E-state index contributed by atoms with van der Waals surface area (Å²) in [6, 6.07) is 16.6. The summed E-state index contributed by atoms with van der Waals surface area (Å²) in [6.07, 6.45) is 1.52. The van der Waals surface area contributed by atoms with E-state index >= 15 is 0 Å². The number of ether oxygens (including phenoxy) is 1. The van der Waals surface area contributed by atoms with Gasteiger partial charge in [0.25, 0.3) is 0 Å². The predicted octanol–water partition coefficient (Wildman–Crippen LogP) is 3.24. The molecule has 7 heteroatoms. The molecule has 24 heavy (non-hydrogen) atoms. The van der Waals surface area contributed by atoms with Crippen molar-refractivity contribution in [2.45, 2.75) is 0 Å². The van der Waals surface area contributed by atoms with Crippen molar-refractivity contribution in [2.24, 2.45) is 0 Å². The Morgan fingerprint density at radius 1 is 1.08 bits per heavy atom. The third kappa shape index (κ3) is 3.56. The van der Waals surface area contributed by atoms with Crippen molar-refractivity contribution in [1.29, 1.82) is 5.26 Å². The van der Waals surface area contributed by atoms with Crippen molar-refractivity contribution in [2.75, 3.05) is 17.7 Å². The van der Waals surface area contributed by atoms with Crippen LogP contribution in [0.15, 0.2) is 54.7 Å². The fourth-order valence-corrected chi connectivity index (χ4v) is 2.10. The van der Waals surface area contributed by atoms with Gasteiger partial charge in [-0.05, 0) is 30.3 Å². The summed E-state index contributed by atoms with van der Waals surface area (Å²) in [4.78, 5) is 4.36. The van der Waals surface area contributed by atoms with Gasteiger partial charge in [-0.2, -0.15) is 15.3 Å². The molecule has 0 aliphatic carbocycles. The van der Waals surface area contributed by atoms with Gasteiger partial charge in [0.2, 0.25) is 5.95 Å². The topological polar surface area (TPSA) is 95.8 Å². The minimum Gasteiger partial charge on any atom is -0.495 e. The van der Waals surface area contributed by atoms with Crippen LogP contribution in [0.1, 0.15) is 5.56 Å². The van der Waals surface area contributed by atoms with E-state index in [2.05, 4.69) is 31.9 Å². The molecular formula is C17H14N6O. The maximum absolute atomic E-state index is 8.94. The minimum absolute atomic E-state index is 0.324. The van der Waals surface area contributed by atoms with E-state index in [-0.39, 0.29) is 0 Å². The largest absolute Gasteiger partial charge is 0.495 e. The highest BCUT2D eigenvalue weighted by molar-refractivity contribution is 5.64. The van der Waals surface area contributed by atoms with Crippen LogP contribution in [0.2, 0.25) is 0 Å². The van der Waals surface area contributed by atoms with Crippen LogP contribution < -0.4 is 15.4 Å². The van der Waals surface area contributed by atoms with Gasteiger partial charge in [0.05, 0.1) is 30.6 Å². The van der Waals surface area contributed by atoms with Gasteiger partial charge in [-0.25, -0.2) is 0 Å². The van der Waals surface area contributed by atoms with Gasteiger partial charge >= 0.3 is 0 Å². The summed E-state index contributed by atoms with van der Waals surface area (Å²) in [5.74, 6) is 1.55. The third-order valence-electron chi connectivity index (χ3n) is 3.18. The number of hydrogen-bond donors (Lipinski definition) is 2. The molecule has 1 aromatic heterocycles. The number of rotatable bonds is 5. The summed E-state index contributed by atoms with van der Waals surface area (Å²) in [6.45, 7) is 0. The summed E-state index contributed by atoms with van der Waals surface area (Å²) >= 11 is 0. The smallest absolute Gasteiger partial charge is 0.249 e. The molecule has 0 fully saturated rings. The maximum atomic E-state index is 8.94. The van der Waals surface area contributed by atoms with E-state index in [9.17, 15) is 0 Å². The van der Waals surface area contributed by atoms with E-state index in [0.717, 1.165) is 5.69 Å². The van der Waals surface area contributed by atoms with Crippen LogP contribution in [-0.2, 0) is 0 Å². The average Bonchev–Trinajstić information content (AvgIpc) is 2.62. The zero-order valence-corrected chi connectivity index (χ0v) is 12.9. The number of nitriles is 1. The SMILES string of the molecule is COc1ccccc1Nc1cnnc(Nc2cccc(C#N)c2)n1. The Morgan fingerprint density at radius 3 is 2.79 bits per heavy atom. The van der Waals surface area contributed by atoms with Crippen LogP contribution in [-0.4, -0.2) is 22.3 Å². The van der Waals surface area contributed by atoms with E-state index in [1.807, 2.05) is 30.3 Å². The van der Waals surface area contributed by atoms with Crippen LogP contribution in [0.25, 0.3) is 0 Å². The van der Waals surface area contributed by atoms with Crippen molar-refractivity contribution in [3.05, 3.63) is 60.3 Å². The van der Waals surface area contributed by atoms with Gasteiger partial charge in [-0.15, -0.1) is 5.10 Å². The second-order valence-corrected chi connectivity index (χ2v) is 4.81. The number of anilines is 4. The molecule has 0 aliphatic rings. The van der Waals surface area contributed by atoms with Crippen molar-refractivity contribution in [3.63, 3.8) is 0 Å². The van der Waals surface area contributed by atoms with Crippen LogP contribution in [0.3, 0.4) is 0 Å². The quantitative estimate of drug-likeness (QED) is 0.745. The molecule has 3 rings (SSSR count). The molecule has 0 radical (unpaired) electrons. The Hall–Kier alpha value is -3.66. The van der Waals surface area contributed by atoms with Gasteiger partial charge in [0, 0.05) is 5.69 Å². The zero-order chi connectivity index (χ0) is 16.8. The minimum atomic E-state index is 0.324. The average molecular weight is 318 g/mol. The van der Waals surface area contributed by atoms with Gasteiger partial charge in [0.1, 0.15) is 5.75 Å². The molecule has 3 aromatic rings. The van der Waals surface area contributed by atoms with E-state index in [4.69, 9.17) is 10.00 Å². The molecule has 0 unspecified atom stereocenters. The molecule has 0 saturated heterocycles. The first-order valence-electron chi connectivity index (χ1n) is 7.15. The number of nitrogens with one attached hydrogen (secondary N) is 2. The predicted molar refractivity (Wildman–Crippen MR) is 90.5 cm³/mol. The standard InChI is InChI=1S/C17H14N6O/c1-24-15-8-3-2-7-14(15)21-16-11-19-23-17(22-16)20-13-6-4-5-12(9-13)10-18/h2-9,11H,1H3,(H2,20,21,22,23). The van der Waals surface area contributed by atoms with Gasteiger partial charge in [-0.3, -0.25) is 0 Å². The molecule has 0 aliphatic heterocycles. The Balaban J connectivity index is 1.80. The molecule has 2 aromatic carbocycles. The van der Waals surface area contributed by atoms with Gasteiger partial charge in [-0.1, -0.05) is 18.2 Å². The fourth-order valence-electron chi connectivity index (χ4n) is 2.10. The summed E-state index contributed by atoms with van der Waals surface area (Å²) in [7, 11) is 1.61. The fraction of sp³-hybridized carbons (Fsp3) is 0.0588. The Kier molecular flexibility index (Phi) is 4.49. The zero-order valence-electron chi connectivity index (χ0n) is 12.9. The number of para-hydroxylation sites is 2. The first-order chi connectivity index (χ1) is 11.8. The lowest BCUT2D eigenvalue weighted by molar-refractivity contribution is 0.417. The van der Waals surface area contributed by atoms with Crippen molar-refractivity contribution in [3.8, 4) is 11.8 Å². The molecule has 0 bridgehead atoms. The Bertz CT molecular complexity index is 890. The highest BCUT2D eigenvalue weighted by Crippen LogP contribution is 2.26. The van der Waals surface area contributed by atoms with Gasteiger partial charge < -0.3 is 15.4 Å². The second kappa shape index (κ2) is 7.07. The number of methoxy groups -OCH3 is 1. The highest BCUT2D eigenvalue weighted by atomic mass is 16.5. The molecule has 0 atom stereocenters. The van der Waals surface area contributed by atoms with Crippen molar-refractivity contribution >= 4 is 23.1 Å². The summed E-state index contributed by atoms with van der Waals surface area (Å²) < 4.78 is 5.30. The van der Waals surface area contributed by atoms with Crippen molar-refractivity contribution in [1.82, 2.24) is 15.2 Å².